The fourth-order valence-electron chi connectivity index (χ4n) is 2.04. The van der Waals surface area contributed by atoms with E-state index in [0.717, 1.165) is 19.3 Å². The zero-order valence-electron chi connectivity index (χ0n) is 9.53. The standard InChI is InChI=1S/C11H24O3/c1-4-11(5-2,6-3)10(14)7-9(13)8-12/h9-10,12-14H,4-8H2,1-3H3. The summed E-state index contributed by atoms with van der Waals surface area (Å²) in [6, 6.07) is 0. The van der Waals surface area contributed by atoms with Gasteiger partial charge in [-0.2, -0.15) is 0 Å². The van der Waals surface area contributed by atoms with Crippen molar-refractivity contribution < 1.29 is 15.3 Å². The average Bonchev–Trinajstić information content (AvgIpc) is 2.21. The maximum absolute atomic E-state index is 9.99. The molecule has 0 aromatic heterocycles. The Morgan fingerprint density at radius 1 is 1.00 bits per heavy atom. The lowest BCUT2D eigenvalue weighted by Crippen LogP contribution is -2.37. The predicted molar refractivity (Wildman–Crippen MR) is 57.0 cm³/mol. The van der Waals surface area contributed by atoms with Crippen LogP contribution in [0.15, 0.2) is 0 Å². The van der Waals surface area contributed by atoms with Gasteiger partial charge in [0.2, 0.25) is 0 Å². The van der Waals surface area contributed by atoms with Gasteiger partial charge in [-0.1, -0.05) is 20.8 Å². The lowest BCUT2D eigenvalue weighted by atomic mass is 9.73. The van der Waals surface area contributed by atoms with Crippen LogP contribution in [0.1, 0.15) is 46.5 Å². The molecule has 0 heterocycles. The SMILES string of the molecule is CCC(CC)(CC)C(O)CC(O)CO. The van der Waals surface area contributed by atoms with E-state index in [2.05, 4.69) is 20.8 Å². The van der Waals surface area contributed by atoms with Crippen molar-refractivity contribution in [2.45, 2.75) is 58.7 Å². The highest BCUT2D eigenvalue weighted by Crippen LogP contribution is 2.36. The van der Waals surface area contributed by atoms with Gasteiger partial charge in [0.1, 0.15) is 0 Å². The van der Waals surface area contributed by atoms with E-state index in [0.29, 0.717) is 0 Å². The molecule has 3 heteroatoms. The lowest BCUT2D eigenvalue weighted by Gasteiger charge is -2.36. The summed E-state index contributed by atoms with van der Waals surface area (Å²) in [5.41, 5.74) is -0.101. The van der Waals surface area contributed by atoms with Crippen LogP contribution in [0.3, 0.4) is 0 Å². The van der Waals surface area contributed by atoms with Crippen molar-refractivity contribution in [3.05, 3.63) is 0 Å². The third kappa shape index (κ3) is 3.23. The molecule has 0 radical (unpaired) electrons. The molecule has 0 aromatic rings. The van der Waals surface area contributed by atoms with Crippen molar-refractivity contribution in [3.8, 4) is 0 Å². The molecular formula is C11H24O3. The van der Waals surface area contributed by atoms with E-state index in [1.54, 1.807) is 0 Å². The monoisotopic (exact) mass is 204 g/mol. The fraction of sp³-hybridized carbons (Fsp3) is 1.00. The van der Waals surface area contributed by atoms with Crippen LogP contribution in [0.25, 0.3) is 0 Å². The summed E-state index contributed by atoms with van der Waals surface area (Å²) in [6.07, 6.45) is 1.66. The van der Waals surface area contributed by atoms with Crippen molar-refractivity contribution in [1.82, 2.24) is 0 Å². The Balaban J connectivity index is 4.35. The van der Waals surface area contributed by atoms with Gasteiger partial charge >= 0.3 is 0 Å². The topological polar surface area (TPSA) is 60.7 Å². The van der Waals surface area contributed by atoms with E-state index < -0.39 is 12.2 Å². The predicted octanol–water partition coefficient (Wildman–Crippen LogP) is 1.31. The molecule has 0 saturated heterocycles. The summed E-state index contributed by atoms with van der Waals surface area (Å²) < 4.78 is 0. The molecule has 0 bridgehead atoms. The van der Waals surface area contributed by atoms with E-state index in [4.69, 9.17) is 5.11 Å². The van der Waals surface area contributed by atoms with Gasteiger partial charge in [-0.25, -0.2) is 0 Å². The Morgan fingerprint density at radius 2 is 1.43 bits per heavy atom. The van der Waals surface area contributed by atoms with E-state index >= 15 is 0 Å². The first-order chi connectivity index (χ1) is 6.56. The molecule has 0 aliphatic carbocycles. The number of hydrogen-bond donors (Lipinski definition) is 3. The van der Waals surface area contributed by atoms with E-state index in [-0.39, 0.29) is 18.4 Å². The Hall–Kier alpha value is -0.120. The molecule has 0 aliphatic rings. The normalized spacial score (nSPS) is 16.7. The molecule has 3 nitrogen and oxygen atoms in total. The van der Waals surface area contributed by atoms with Gasteiger partial charge in [-0.15, -0.1) is 0 Å². The number of aliphatic hydroxyl groups is 3. The van der Waals surface area contributed by atoms with Crippen LogP contribution in [0.5, 0.6) is 0 Å². The first-order valence-corrected chi connectivity index (χ1v) is 5.53. The van der Waals surface area contributed by atoms with Crippen LogP contribution in [0, 0.1) is 5.41 Å². The molecule has 2 unspecified atom stereocenters. The summed E-state index contributed by atoms with van der Waals surface area (Å²) in [6.45, 7) is 5.90. The minimum Gasteiger partial charge on any atom is -0.394 e. The van der Waals surface area contributed by atoms with Gasteiger partial charge in [0.15, 0.2) is 0 Å². The second kappa shape index (κ2) is 6.38. The van der Waals surface area contributed by atoms with Crippen molar-refractivity contribution in [1.29, 1.82) is 0 Å². The van der Waals surface area contributed by atoms with Crippen LogP contribution in [0.4, 0.5) is 0 Å². The molecule has 0 aromatic carbocycles. The molecule has 0 rings (SSSR count). The van der Waals surface area contributed by atoms with Crippen LogP contribution in [-0.4, -0.2) is 34.1 Å². The van der Waals surface area contributed by atoms with E-state index in [1.807, 2.05) is 0 Å². The highest BCUT2D eigenvalue weighted by Gasteiger charge is 2.33. The molecular weight excluding hydrogens is 180 g/mol. The Labute approximate surface area is 86.8 Å². The van der Waals surface area contributed by atoms with Crippen molar-refractivity contribution >= 4 is 0 Å². The highest BCUT2D eigenvalue weighted by molar-refractivity contribution is 4.84. The summed E-state index contributed by atoms with van der Waals surface area (Å²) in [5, 5.41) is 28.0. The first-order valence-electron chi connectivity index (χ1n) is 5.53. The summed E-state index contributed by atoms with van der Waals surface area (Å²) in [7, 11) is 0. The molecule has 0 saturated carbocycles. The highest BCUT2D eigenvalue weighted by atomic mass is 16.3. The number of hydrogen-bond acceptors (Lipinski definition) is 3. The summed E-state index contributed by atoms with van der Waals surface area (Å²) in [5.74, 6) is 0. The Morgan fingerprint density at radius 3 is 1.71 bits per heavy atom. The second-order valence-corrected chi connectivity index (χ2v) is 4.01. The zero-order valence-corrected chi connectivity index (χ0v) is 9.53. The first kappa shape index (κ1) is 13.9. The van der Waals surface area contributed by atoms with Crippen LogP contribution >= 0.6 is 0 Å². The maximum atomic E-state index is 9.99. The largest absolute Gasteiger partial charge is 0.394 e. The van der Waals surface area contributed by atoms with Crippen LogP contribution in [0.2, 0.25) is 0 Å². The van der Waals surface area contributed by atoms with Gasteiger partial charge in [0.05, 0.1) is 18.8 Å². The maximum Gasteiger partial charge on any atom is 0.0795 e. The van der Waals surface area contributed by atoms with Gasteiger partial charge in [-0.3, -0.25) is 0 Å². The molecule has 0 fully saturated rings. The van der Waals surface area contributed by atoms with Crippen molar-refractivity contribution in [2.24, 2.45) is 5.41 Å². The van der Waals surface area contributed by atoms with Gasteiger partial charge in [0.25, 0.3) is 0 Å². The molecule has 14 heavy (non-hydrogen) atoms. The minimum atomic E-state index is -0.797. The number of rotatable bonds is 7. The Kier molecular flexibility index (Phi) is 6.33. The van der Waals surface area contributed by atoms with Crippen molar-refractivity contribution in [3.63, 3.8) is 0 Å². The van der Waals surface area contributed by atoms with Crippen LogP contribution < -0.4 is 0 Å². The molecule has 0 spiro atoms. The van der Waals surface area contributed by atoms with Gasteiger partial charge in [-0.05, 0) is 24.7 Å². The Bertz CT molecular complexity index is 135. The second-order valence-electron chi connectivity index (χ2n) is 4.01. The van der Waals surface area contributed by atoms with E-state index in [1.165, 1.54) is 0 Å². The fourth-order valence-corrected chi connectivity index (χ4v) is 2.04. The van der Waals surface area contributed by atoms with Gasteiger partial charge < -0.3 is 15.3 Å². The summed E-state index contributed by atoms with van der Waals surface area (Å²) in [4.78, 5) is 0. The molecule has 0 aliphatic heterocycles. The molecule has 86 valence electrons. The zero-order chi connectivity index (χ0) is 11.2. The van der Waals surface area contributed by atoms with Gasteiger partial charge in [0, 0.05) is 6.42 Å². The smallest absolute Gasteiger partial charge is 0.0795 e. The number of aliphatic hydroxyl groups excluding tert-OH is 3. The molecule has 2 atom stereocenters. The minimum absolute atomic E-state index is 0.101. The third-order valence-corrected chi connectivity index (χ3v) is 3.53. The quantitative estimate of drug-likeness (QED) is 0.586. The van der Waals surface area contributed by atoms with Crippen molar-refractivity contribution in [2.75, 3.05) is 6.61 Å². The lowest BCUT2D eigenvalue weighted by molar-refractivity contribution is -0.0322. The van der Waals surface area contributed by atoms with Crippen LogP contribution in [-0.2, 0) is 0 Å². The van der Waals surface area contributed by atoms with E-state index in [9.17, 15) is 10.2 Å². The average molecular weight is 204 g/mol. The summed E-state index contributed by atoms with van der Waals surface area (Å²) >= 11 is 0. The molecule has 3 N–H and O–H groups in total. The molecule has 0 amide bonds. The third-order valence-electron chi connectivity index (χ3n) is 3.53.